The van der Waals surface area contributed by atoms with Gasteiger partial charge in [-0.3, -0.25) is 14.8 Å². The predicted molar refractivity (Wildman–Crippen MR) is 96.9 cm³/mol. The van der Waals surface area contributed by atoms with Crippen molar-refractivity contribution in [2.45, 2.75) is 6.54 Å². The first-order valence-corrected chi connectivity index (χ1v) is 8.01. The fourth-order valence-corrected chi connectivity index (χ4v) is 2.80. The normalized spacial score (nSPS) is 10.7. The summed E-state index contributed by atoms with van der Waals surface area (Å²) in [6, 6.07) is 17.5. The van der Waals surface area contributed by atoms with Crippen molar-refractivity contribution < 1.29 is 4.79 Å². The molecule has 2 N–H and O–H groups in total. The van der Waals surface area contributed by atoms with Gasteiger partial charge in [0.1, 0.15) is 0 Å². The van der Waals surface area contributed by atoms with E-state index in [0.717, 1.165) is 27.9 Å². The number of rotatable bonds is 4. The second-order valence-electron chi connectivity index (χ2n) is 5.71. The summed E-state index contributed by atoms with van der Waals surface area (Å²) < 4.78 is 0. The number of carbonyl (C=O) groups excluding carboxylic acids is 1. The minimum Gasteiger partial charge on any atom is -0.355 e. The van der Waals surface area contributed by atoms with E-state index in [9.17, 15) is 4.79 Å². The maximum atomic E-state index is 12.1. The van der Waals surface area contributed by atoms with Crippen LogP contribution in [0.2, 0.25) is 0 Å². The highest BCUT2D eigenvalue weighted by Crippen LogP contribution is 2.26. The minimum absolute atomic E-state index is 0.145. The fourth-order valence-electron chi connectivity index (χ4n) is 2.80. The molecule has 0 spiro atoms. The number of carbonyl (C=O) groups is 1. The molecular formula is C20H16N4O. The van der Waals surface area contributed by atoms with E-state index in [1.54, 1.807) is 30.7 Å². The zero-order chi connectivity index (χ0) is 17.1. The monoisotopic (exact) mass is 328 g/mol. The van der Waals surface area contributed by atoms with Crippen molar-refractivity contribution in [1.29, 1.82) is 0 Å². The molecule has 25 heavy (non-hydrogen) atoms. The molecule has 3 aromatic heterocycles. The molecule has 122 valence electrons. The van der Waals surface area contributed by atoms with Crippen LogP contribution >= 0.6 is 0 Å². The standard InChI is InChI=1S/C20H16N4O/c25-20(16-7-4-9-21-12-16)23-13-17-11-15-8-10-22-18(19(15)24-17)14-5-2-1-3-6-14/h1-12,24H,13H2,(H,23,25). The van der Waals surface area contributed by atoms with Gasteiger partial charge in [0.05, 0.1) is 23.3 Å². The van der Waals surface area contributed by atoms with Crippen LogP contribution in [0.5, 0.6) is 0 Å². The van der Waals surface area contributed by atoms with Crippen LogP contribution in [0.3, 0.4) is 0 Å². The Balaban J connectivity index is 1.59. The number of aromatic nitrogens is 3. The number of amides is 1. The summed E-state index contributed by atoms with van der Waals surface area (Å²) in [6.45, 7) is 0.413. The zero-order valence-electron chi connectivity index (χ0n) is 13.4. The van der Waals surface area contributed by atoms with Crippen molar-refractivity contribution in [1.82, 2.24) is 20.3 Å². The maximum absolute atomic E-state index is 12.1. The Hall–Kier alpha value is -3.47. The smallest absolute Gasteiger partial charge is 0.253 e. The van der Waals surface area contributed by atoms with E-state index in [1.807, 2.05) is 42.5 Å². The van der Waals surface area contributed by atoms with Crippen LogP contribution in [0.1, 0.15) is 16.1 Å². The summed E-state index contributed by atoms with van der Waals surface area (Å²) in [5.41, 5.74) is 4.41. The average molecular weight is 328 g/mol. The summed E-state index contributed by atoms with van der Waals surface area (Å²) in [4.78, 5) is 24.0. The van der Waals surface area contributed by atoms with Gasteiger partial charge >= 0.3 is 0 Å². The number of pyridine rings is 2. The Labute approximate surface area is 144 Å². The molecule has 0 saturated carbocycles. The highest BCUT2D eigenvalue weighted by Gasteiger charge is 2.10. The third kappa shape index (κ3) is 3.12. The van der Waals surface area contributed by atoms with Crippen molar-refractivity contribution >= 4 is 16.8 Å². The van der Waals surface area contributed by atoms with E-state index in [1.165, 1.54) is 0 Å². The van der Waals surface area contributed by atoms with Gasteiger partial charge in [-0.25, -0.2) is 0 Å². The summed E-state index contributed by atoms with van der Waals surface area (Å²) in [6.07, 6.45) is 5.00. The lowest BCUT2D eigenvalue weighted by Gasteiger charge is -2.03. The minimum atomic E-state index is -0.145. The SMILES string of the molecule is O=C(NCc1cc2ccnc(-c3ccccc3)c2[nH]1)c1cccnc1. The second-order valence-corrected chi connectivity index (χ2v) is 5.71. The largest absolute Gasteiger partial charge is 0.355 e. The number of hydrogen-bond acceptors (Lipinski definition) is 3. The first-order chi connectivity index (χ1) is 12.3. The Morgan fingerprint density at radius 3 is 2.72 bits per heavy atom. The number of benzene rings is 1. The number of hydrogen-bond donors (Lipinski definition) is 2. The molecule has 1 amide bonds. The molecule has 4 aromatic rings. The molecule has 4 rings (SSSR count). The Kier molecular flexibility index (Phi) is 3.96. The fraction of sp³-hybridized carbons (Fsp3) is 0.0500. The number of H-pyrrole nitrogens is 1. The number of aromatic amines is 1. The summed E-state index contributed by atoms with van der Waals surface area (Å²) >= 11 is 0. The molecular weight excluding hydrogens is 312 g/mol. The van der Waals surface area contributed by atoms with Gasteiger partial charge in [-0.2, -0.15) is 0 Å². The first-order valence-electron chi connectivity index (χ1n) is 8.01. The van der Waals surface area contributed by atoms with Crippen molar-refractivity contribution in [3.05, 3.63) is 84.4 Å². The van der Waals surface area contributed by atoms with Crippen LogP contribution in [-0.2, 0) is 6.54 Å². The molecule has 0 aliphatic heterocycles. The molecule has 0 radical (unpaired) electrons. The van der Waals surface area contributed by atoms with Crippen molar-refractivity contribution in [2.24, 2.45) is 0 Å². The van der Waals surface area contributed by atoms with Crippen molar-refractivity contribution in [3.8, 4) is 11.3 Å². The van der Waals surface area contributed by atoms with Crippen LogP contribution < -0.4 is 5.32 Å². The van der Waals surface area contributed by atoms with Crippen LogP contribution in [0.25, 0.3) is 22.2 Å². The number of nitrogens with one attached hydrogen (secondary N) is 2. The zero-order valence-corrected chi connectivity index (χ0v) is 13.4. The van der Waals surface area contributed by atoms with Gasteiger partial charge in [0.2, 0.25) is 0 Å². The van der Waals surface area contributed by atoms with Gasteiger partial charge in [0.25, 0.3) is 5.91 Å². The first kappa shape index (κ1) is 15.1. The van der Waals surface area contributed by atoms with E-state index in [2.05, 4.69) is 20.3 Å². The molecule has 0 fully saturated rings. The molecule has 5 heteroatoms. The summed E-state index contributed by atoms with van der Waals surface area (Å²) in [5.74, 6) is -0.145. The molecule has 3 heterocycles. The van der Waals surface area contributed by atoms with Gasteiger partial charge in [0.15, 0.2) is 0 Å². The van der Waals surface area contributed by atoms with E-state index in [-0.39, 0.29) is 5.91 Å². The Morgan fingerprint density at radius 2 is 1.92 bits per heavy atom. The molecule has 0 saturated heterocycles. The molecule has 1 aromatic carbocycles. The lowest BCUT2D eigenvalue weighted by Crippen LogP contribution is -2.22. The predicted octanol–water partition coefficient (Wildman–Crippen LogP) is 3.55. The van der Waals surface area contributed by atoms with E-state index < -0.39 is 0 Å². The number of nitrogens with zero attached hydrogens (tertiary/aromatic N) is 2. The quantitative estimate of drug-likeness (QED) is 0.602. The van der Waals surface area contributed by atoms with E-state index in [4.69, 9.17) is 0 Å². The van der Waals surface area contributed by atoms with Crippen molar-refractivity contribution in [2.75, 3.05) is 0 Å². The van der Waals surface area contributed by atoms with Crippen LogP contribution in [0, 0.1) is 0 Å². The Morgan fingerprint density at radius 1 is 1.04 bits per heavy atom. The third-order valence-electron chi connectivity index (χ3n) is 4.01. The maximum Gasteiger partial charge on any atom is 0.253 e. The van der Waals surface area contributed by atoms with Crippen LogP contribution in [-0.4, -0.2) is 20.9 Å². The molecule has 0 aliphatic carbocycles. The number of fused-ring (bicyclic) bond motifs is 1. The molecule has 5 nitrogen and oxygen atoms in total. The van der Waals surface area contributed by atoms with Gasteiger partial charge < -0.3 is 10.3 Å². The highest BCUT2D eigenvalue weighted by atomic mass is 16.1. The van der Waals surface area contributed by atoms with Gasteiger partial charge in [-0.15, -0.1) is 0 Å². The Bertz CT molecular complexity index is 1010. The van der Waals surface area contributed by atoms with E-state index >= 15 is 0 Å². The van der Waals surface area contributed by atoms with E-state index in [0.29, 0.717) is 12.1 Å². The molecule has 0 unspecified atom stereocenters. The summed E-state index contributed by atoms with van der Waals surface area (Å²) in [5, 5.41) is 3.97. The topological polar surface area (TPSA) is 70.7 Å². The van der Waals surface area contributed by atoms with Crippen molar-refractivity contribution in [3.63, 3.8) is 0 Å². The van der Waals surface area contributed by atoms with Crippen LogP contribution in [0.15, 0.2) is 73.2 Å². The van der Waals surface area contributed by atoms with Gasteiger partial charge in [-0.1, -0.05) is 30.3 Å². The van der Waals surface area contributed by atoms with Gasteiger partial charge in [0, 0.05) is 35.2 Å². The molecule has 0 aliphatic rings. The lowest BCUT2D eigenvalue weighted by molar-refractivity contribution is 0.0950. The van der Waals surface area contributed by atoms with Gasteiger partial charge in [-0.05, 0) is 24.3 Å². The third-order valence-corrected chi connectivity index (χ3v) is 4.01. The second kappa shape index (κ2) is 6.57. The highest BCUT2D eigenvalue weighted by molar-refractivity contribution is 5.94. The molecule has 0 atom stereocenters. The average Bonchev–Trinajstić information content (AvgIpc) is 3.10. The van der Waals surface area contributed by atoms with Crippen LogP contribution in [0.4, 0.5) is 0 Å². The summed E-state index contributed by atoms with van der Waals surface area (Å²) in [7, 11) is 0. The lowest BCUT2D eigenvalue weighted by atomic mass is 10.1. The molecule has 0 bridgehead atoms.